The highest BCUT2D eigenvalue weighted by molar-refractivity contribution is 6.31. The minimum atomic E-state index is -0.335. The number of nitrogens with two attached hydrogens (primary N) is 1. The van der Waals surface area contributed by atoms with Crippen LogP contribution in [0.5, 0.6) is 0 Å². The molecule has 1 heterocycles. The van der Waals surface area contributed by atoms with Crippen molar-refractivity contribution in [2.45, 2.75) is 32.4 Å². The van der Waals surface area contributed by atoms with E-state index in [1.54, 1.807) is 12.3 Å². The third-order valence-corrected chi connectivity index (χ3v) is 3.34. The van der Waals surface area contributed by atoms with Gasteiger partial charge in [-0.05, 0) is 30.5 Å². The van der Waals surface area contributed by atoms with Crippen LogP contribution in [-0.4, -0.2) is 9.78 Å². The maximum atomic E-state index is 13.0. The van der Waals surface area contributed by atoms with Gasteiger partial charge in [-0.3, -0.25) is 4.68 Å². The molecular formula is C14H17ClFN3. The van der Waals surface area contributed by atoms with Gasteiger partial charge in [0, 0.05) is 29.4 Å². The molecule has 0 radical (unpaired) electrons. The van der Waals surface area contributed by atoms with Crippen molar-refractivity contribution in [1.82, 2.24) is 9.78 Å². The monoisotopic (exact) mass is 281 g/mol. The number of nitrogens with zero attached hydrogens (tertiary/aromatic N) is 2. The van der Waals surface area contributed by atoms with E-state index in [1.807, 2.05) is 10.9 Å². The molecule has 2 aromatic rings. The highest BCUT2D eigenvalue weighted by Crippen LogP contribution is 2.22. The quantitative estimate of drug-likeness (QED) is 0.913. The van der Waals surface area contributed by atoms with Crippen molar-refractivity contribution in [1.29, 1.82) is 0 Å². The van der Waals surface area contributed by atoms with Crippen molar-refractivity contribution in [3.8, 4) is 0 Å². The minimum Gasteiger partial charge on any atom is -0.324 e. The van der Waals surface area contributed by atoms with Crippen LogP contribution in [0.2, 0.25) is 5.02 Å². The number of hydrogen-bond donors (Lipinski definition) is 1. The first-order valence-corrected chi connectivity index (χ1v) is 6.69. The van der Waals surface area contributed by atoms with Crippen molar-refractivity contribution >= 4 is 11.6 Å². The third-order valence-electron chi connectivity index (χ3n) is 2.99. The lowest BCUT2D eigenvalue weighted by molar-refractivity contribution is 0.600. The Kier molecular flexibility index (Phi) is 4.56. The highest BCUT2D eigenvalue weighted by Gasteiger charge is 2.12. The van der Waals surface area contributed by atoms with Gasteiger partial charge in [0.25, 0.3) is 0 Å². The zero-order chi connectivity index (χ0) is 13.8. The lowest BCUT2D eigenvalue weighted by Crippen LogP contribution is -2.13. The maximum Gasteiger partial charge on any atom is 0.124 e. The summed E-state index contributed by atoms with van der Waals surface area (Å²) < 4.78 is 14.8. The summed E-state index contributed by atoms with van der Waals surface area (Å²) in [6, 6.07) is 4.19. The highest BCUT2D eigenvalue weighted by atomic mass is 35.5. The normalized spacial score (nSPS) is 12.6. The predicted octanol–water partition coefficient (Wildman–Crippen LogP) is 3.33. The molecule has 5 heteroatoms. The number of benzene rings is 1. The van der Waals surface area contributed by atoms with Crippen LogP contribution < -0.4 is 5.73 Å². The molecule has 1 unspecified atom stereocenters. The molecule has 1 atom stereocenters. The van der Waals surface area contributed by atoms with Gasteiger partial charge >= 0.3 is 0 Å². The van der Waals surface area contributed by atoms with E-state index in [2.05, 4.69) is 12.0 Å². The Hall–Kier alpha value is -1.39. The maximum absolute atomic E-state index is 13.0. The fourth-order valence-corrected chi connectivity index (χ4v) is 2.21. The van der Waals surface area contributed by atoms with E-state index < -0.39 is 0 Å². The molecule has 0 saturated heterocycles. The van der Waals surface area contributed by atoms with Crippen molar-refractivity contribution in [3.05, 3.63) is 52.6 Å². The fraction of sp³-hybridized carbons (Fsp3) is 0.357. The van der Waals surface area contributed by atoms with Crippen LogP contribution in [0, 0.1) is 5.82 Å². The van der Waals surface area contributed by atoms with E-state index in [0.29, 0.717) is 11.4 Å². The molecule has 2 rings (SSSR count). The van der Waals surface area contributed by atoms with Crippen molar-refractivity contribution in [2.24, 2.45) is 5.73 Å². The third kappa shape index (κ3) is 3.55. The summed E-state index contributed by atoms with van der Waals surface area (Å²) in [6.45, 7) is 2.98. The number of halogens is 2. The largest absolute Gasteiger partial charge is 0.324 e. The smallest absolute Gasteiger partial charge is 0.124 e. The molecule has 0 aliphatic heterocycles. The Morgan fingerprint density at radius 2 is 2.26 bits per heavy atom. The molecule has 1 aromatic heterocycles. The topological polar surface area (TPSA) is 43.8 Å². The van der Waals surface area contributed by atoms with Crippen LogP contribution in [0.3, 0.4) is 0 Å². The molecule has 0 saturated carbocycles. The van der Waals surface area contributed by atoms with E-state index in [9.17, 15) is 4.39 Å². The first-order chi connectivity index (χ1) is 9.10. The zero-order valence-corrected chi connectivity index (χ0v) is 11.6. The second kappa shape index (κ2) is 6.17. The zero-order valence-electron chi connectivity index (χ0n) is 10.8. The molecule has 0 fully saturated rings. The van der Waals surface area contributed by atoms with Crippen LogP contribution >= 0.6 is 11.6 Å². The van der Waals surface area contributed by atoms with Crippen molar-refractivity contribution in [2.75, 3.05) is 0 Å². The van der Waals surface area contributed by atoms with Gasteiger partial charge in [0.05, 0.1) is 6.20 Å². The Bertz CT molecular complexity index is 553. The van der Waals surface area contributed by atoms with Gasteiger partial charge in [0.2, 0.25) is 0 Å². The molecule has 19 heavy (non-hydrogen) atoms. The lowest BCUT2D eigenvalue weighted by atomic mass is 10.0. The lowest BCUT2D eigenvalue weighted by Gasteiger charge is -2.11. The fourth-order valence-electron chi connectivity index (χ4n) is 1.96. The molecule has 0 spiro atoms. The van der Waals surface area contributed by atoms with Gasteiger partial charge in [-0.1, -0.05) is 24.6 Å². The van der Waals surface area contributed by atoms with Gasteiger partial charge in [-0.25, -0.2) is 4.39 Å². The van der Waals surface area contributed by atoms with E-state index in [-0.39, 0.29) is 11.9 Å². The van der Waals surface area contributed by atoms with Crippen LogP contribution in [0.1, 0.15) is 30.5 Å². The summed E-state index contributed by atoms with van der Waals surface area (Å²) in [5.41, 5.74) is 7.95. The standard InChI is InChI=1S/C14H17ClFN3/c1-2-5-19-9-11(8-18-19)14(17)6-10-3-4-12(16)7-13(10)15/h3-4,7-9,14H,2,5-6,17H2,1H3. The Labute approximate surface area is 117 Å². The first kappa shape index (κ1) is 14.0. The average molecular weight is 282 g/mol. The second-order valence-electron chi connectivity index (χ2n) is 4.58. The second-order valence-corrected chi connectivity index (χ2v) is 4.99. The van der Waals surface area contributed by atoms with Gasteiger partial charge in [0.1, 0.15) is 5.82 Å². The van der Waals surface area contributed by atoms with E-state index >= 15 is 0 Å². The molecule has 2 N–H and O–H groups in total. The van der Waals surface area contributed by atoms with Crippen LogP contribution in [0.4, 0.5) is 4.39 Å². The van der Waals surface area contributed by atoms with Crippen molar-refractivity contribution in [3.63, 3.8) is 0 Å². The predicted molar refractivity (Wildman–Crippen MR) is 74.6 cm³/mol. The molecule has 0 amide bonds. The Morgan fingerprint density at radius 1 is 1.47 bits per heavy atom. The summed E-state index contributed by atoms with van der Waals surface area (Å²) in [5.74, 6) is -0.335. The summed E-state index contributed by atoms with van der Waals surface area (Å²) in [6.07, 6.45) is 5.32. The summed E-state index contributed by atoms with van der Waals surface area (Å²) in [5, 5.41) is 4.66. The average Bonchev–Trinajstić information content (AvgIpc) is 2.82. The molecule has 3 nitrogen and oxygen atoms in total. The Balaban J connectivity index is 2.09. The molecular weight excluding hydrogens is 265 g/mol. The van der Waals surface area contributed by atoms with Crippen LogP contribution in [-0.2, 0) is 13.0 Å². The number of aryl methyl sites for hydroxylation is 1. The SMILES string of the molecule is CCCn1cc(C(N)Cc2ccc(F)cc2Cl)cn1. The molecule has 1 aromatic carbocycles. The van der Waals surface area contributed by atoms with Crippen LogP contribution in [0.25, 0.3) is 0 Å². The summed E-state index contributed by atoms with van der Waals surface area (Å²) in [4.78, 5) is 0. The Morgan fingerprint density at radius 3 is 2.95 bits per heavy atom. The minimum absolute atomic E-state index is 0.187. The van der Waals surface area contributed by atoms with Gasteiger partial charge in [-0.2, -0.15) is 5.10 Å². The van der Waals surface area contributed by atoms with Gasteiger partial charge in [-0.15, -0.1) is 0 Å². The molecule has 0 aliphatic rings. The molecule has 102 valence electrons. The van der Waals surface area contributed by atoms with Gasteiger partial charge < -0.3 is 5.73 Å². The van der Waals surface area contributed by atoms with E-state index in [4.69, 9.17) is 17.3 Å². The first-order valence-electron chi connectivity index (χ1n) is 6.32. The summed E-state index contributed by atoms with van der Waals surface area (Å²) in [7, 11) is 0. The van der Waals surface area contributed by atoms with E-state index in [1.165, 1.54) is 12.1 Å². The number of hydrogen-bond acceptors (Lipinski definition) is 2. The number of rotatable bonds is 5. The summed E-state index contributed by atoms with van der Waals surface area (Å²) >= 11 is 6.00. The van der Waals surface area contributed by atoms with Crippen LogP contribution in [0.15, 0.2) is 30.6 Å². The van der Waals surface area contributed by atoms with Gasteiger partial charge in [0.15, 0.2) is 0 Å². The molecule has 0 bridgehead atoms. The van der Waals surface area contributed by atoms with E-state index in [0.717, 1.165) is 24.1 Å². The van der Waals surface area contributed by atoms with Crippen molar-refractivity contribution < 1.29 is 4.39 Å². The molecule has 0 aliphatic carbocycles. The number of aromatic nitrogens is 2.